The van der Waals surface area contributed by atoms with Crippen LogP contribution in [0.3, 0.4) is 0 Å². The van der Waals surface area contributed by atoms with Gasteiger partial charge in [-0.25, -0.2) is 4.39 Å². The first-order valence-electron chi connectivity index (χ1n) is 6.78. The van der Waals surface area contributed by atoms with Gasteiger partial charge in [0.1, 0.15) is 5.82 Å². The van der Waals surface area contributed by atoms with E-state index < -0.39 is 0 Å². The maximum Gasteiger partial charge on any atom is 0.178 e. The van der Waals surface area contributed by atoms with E-state index in [0.717, 1.165) is 23.9 Å². The van der Waals surface area contributed by atoms with Gasteiger partial charge in [0.15, 0.2) is 4.77 Å². The van der Waals surface area contributed by atoms with E-state index in [-0.39, 0.29) is 5.82 Å². The third-order valence-corrected chi connectivity index (χ3v) is 4.60. The molecule has 0 aliphatic heterocycles. The summed E-state index contributed by atoms with van der Waals surface area (Å²) in [6.45, 7) is 6.40. The Balaban J connectivity index is 2.16. The monoisotopic (exact) mass is 278 g/mol. The highest BCUT2D eigenvalue weighted by Gasteiger charge is 2.32. The van der Waals surface area contributed by atoms with Gasteiger partial charge in [0.2, 0.25) is 0 Å². The van der Waals surface area contributed by atoms with E-state index in [1.54, 1.807) is 13.0 Å². The second-order valence-corrected chi connectivity index (χ2v) is 6.87. The zero-order valence-electron chi connectivity index (χ0n) is 11.6. The maximum atomic E-state index is 13.6. The molecule has 3 rings (SSSR count). The minimum Gasteiger partial charge on any atom is -0.330 e. The van der Waals surface area contributed by atoms with Crippen molar-refractivity contribution in [2.45, 2.75) is 46.1 Å². The second-order valence-electron chi connectivity index (χ2n) is 6.48. The third kappa shape index (κ3) is 2.12. The van der Waals surface area contributed by atoms with Gasteiger partial charge in [-0.05, 0) is 61.5 Å². The summed E-state index contributed by atoms with van der Waals surface area (Å²) >= 11 is 5.44. The fraction of sp³-hybridized carbons (Fsp3) is 0.533. The van der Waals surface area contributed by atoms with Gasteiger partial charge in [-0.3, -0.25) is 0 Å². The van der Waals surface area contributed by atoms with Gasteiger partial charge in [-0.2, -0.15) is 0 Å². The van der Waals surface area contributed by atoms with E-state index in [1.807, 2.05) is 6.07 Å². The lowest BCUT2D eigenvalue weighted by Crippen LogP contribution is -2.09. The summed E-state index contributed by atoms with van der Waals surface area (Å²) in [7, 11) is 0. The van der Waals surface area contributed by atoms with Gasteiger partial charge in [0, 0.05) is 6.04 Å². The van der Waals surface area contributed by atoms with Crippen molar-refractivity contribution in [2.24, 2.45) is 5.41 Å². The first-order chi connectivity index (χ1) is 8.87. The highest BCUT2D eigenvalue weighted by molar-refractivity contribution is 7.71. The van der Waals surface area contributed by atoms with Crippen LogP contribution >= 0.6 is 12.2 Å². The zero-order valence-corrected chi connectivity index (χ0v) is 12.4. The van der Waals surface area contributed by atoms with Crippen LogP contribution in [0.15, 0.2) is 12.1 Å². The fourth-order valence-corrected chi connectivity index (χ4v) is 3.59. The van der Waals surface area contributed by atoms with Crippen molar-refractivity contribution >= 4 is 23.3 Å². The summed E-state index contributed by atoms with van der Waals surface area (Å²) in [6, 6.07) is 3.89. The van der Waals surface area contributed by atoms with Crippen LogP contribution in [-0.2, 0) is 0 Å². The van der Waals surface area contributed by atoms with Crippen molar-refractivity contribution in [3.63, 3.8) is 0 Å². The van der Waals surface area contributed by atoms with Crippen LogP contribution in [0.25, 0.3) is 11.0 Å². The Morgan fingerprint density at radius 1 is 1.42 bits per heavy atom. The minimum atomic E-state index is -0.178. The number of aromatic amines is 1. The number of rotatable bonds is 1. The van der Waals surface area contributed by atoms with Gasteiger partial charge in [-0.15, -0.1) is 0 Å². The summed E-state index contributed by atoms with van der Waals surface area (Å²) in [4.78, 5) is 3.14. The molecule has 1 aliphatic rings. The van der Waals surface area contributed by atoms with Gasteiger partial charge < -0.3 is 9.55 Å². The molecule has 1 unspecified atom stereocenters. The summed E-state index contributed by atoms with van der Waals surface area (Å²) in [5.41, 5.74) is 2.88. The Hall–Kier alpha value is -1.16. The molecule has 0 amide bonds. The molecule has 102 valence electrons. The second kappa shape index (κ2) is 4.17. The molecule has 0 radical (unpaired) electrons. The van der Waals surface area contributed by atoms with Gasteiger partial charge >= 0.3 is 0 Å². The number of hydrogen-bond donors (Lipinski definition) is 1. The molecule has 2 nitrogen and oxygen atoms in total. The number of fused-ring (bicyclic) bond motifs is 1. The Bertz CT molecular complexity index is 696. The molecule has 19 heavy (non-hydrogen) atoms. The Labute approximate surface area is 117 Å². The molecule has 0 saturated heterocycles. The number of halogens is 1. The molecule has 1 aromatic heterocycles. The molecule has 1 atom stereocenters. The highest BCUT2D eigenvalue weighted by Crippen LogP contribution is 2.44. The largest absolute Gasteiger partial charge is 0.330 e. The van der Waals surface area contributed by atoms with Crippen molar-refractivity contribution in [2.75, 3.05) is 0 Å². The quantitative estimate of drug-likeness (QED) is 0.736. The fourth-order valence-electron chi connectivity index (χ4n) is 3.23. The van der Waals surface area contributed by atoms with Crippen molar-refractivity contribution in [3.05, 3.63) is 28.3 Å². The molecular weight excluding hydrogens is 259 g/mol. The predicted molar refractivity (Wildman–Crippen MR) is 78.5 cm³/mol. The molecule has 1 N–H and O–H groups in total. The van der Waals surface area contributed by atoms with Gasteiger partial charge in [0.25, 0.3) is 0 Å². The normalized spacial score (nSPS) is 22.2. The van der Waals surface area contributed by atoms with E-state index in [4.69, 9.17) is 12.2 Å². The van der Waals surface area contributed by atoms with E-state index >= 15 is 0 Å². The number of H-pyrrole nitrogens is 1. The summed E-state index contributed by atoms with van der Waals surface area (Å²) < 4.78 is 16.5. The molecular formula is C15H19FN2S. The van der Waals surface area contributed by atoms with Crippen molar-refractivity contribution in [1.82, 2.24) is 9.55 Å². The molecule has 1 saturated carbocycles. The molecule has 0 bridgehead atoms. The average Bonchev–Trinajstić information content (AvgIpc) is 2.79. The lowest BCUT2D eigenvalue weighted by atomic mass is 9.92. The number of nitrogens with zero attached hydrogens (tertiary/aromatic N) is 1. The van der Waals surface area contributed by atoms with Crippen LogP contribution in [-0.4, -0.2) is 9.55 Å². The van der Waals surface area contributed by atoms with Crippen LogP contribution in [0.1, 0.15) is 44.7 Å². The van der Waals surface area contributed by atoms with Crippen LogP contribution in [0.4, 0.5) is 4.39 Å². The molecule has 1 aromatic carbocycles. The van der Waals surface area contributed by atoms with E-state index in [0.29, 0.717) is 21.8 Å². The molecule has 0 spiro atoms. The van der Waals surface area contributed by atoms with Crippen molar-refractivity contribution in [1.29, 1.82) is 0 Å². The lowest BCUT2D eigenvalue weighted by molar-refractivity contribution is 0.360. The molecule has 1 aliphatic carbocycles. The standard InChI is InChI=1S/C15H19FN2S/c1-9-6-13-12(7-11(9)16)17-14(19)18(13)10-4-5-15(2,3)8-10/h6-7,10H,4-5,8H2,1-3H3,(H,17,19). The first-order valence-corrected chi connectivity index (χ1v) is 7.19. The first kappa shape index (κ1) is 12.9. The average molecular weight is 278 g/mol. The third-order valence-electron chi connectivity index (χ3n) is 4.30. The number of nitrogens with one attached hydrogen (secondary N) is 1. The lowest BCUT2D eigenvalue weighted by Gasteiger charge is -2.18. The Kier molecular flexibility index (Phi) is 2.82. The highest BCUT2D eigenvalue weighted by atomic mass is 32.1. The SMILES string of the molecule is Cc1cc2c(cc1F)[nH]c(=S)n2C1CCC(C)(C)C1. The number of hydrogen-bond acceptors (Lipinski definition) is 1. The summed E-state index contributed by atoms with van der Waals surface area (Å²) in [5, 5.41) is 0. The van der Waals surface area contributed by atoms with Crippen LogP contribution in [0.2, 0.25) is 0 Å². The Morgan fingerprint density at radius 2 is 2.16 bits per heavy atom. The molecule has 1 heterocycles. The summed E-state index contributed by atoms with van der Waals surface area (Å²) in [5.74, 6) is -0.178. The minimum absolute atomic E-state index is 0.178. The van der Waals surface area contributed by atoms with Crippen molar-refractivity contribution in [3.8, 4) is 0 Å². The van der Waals surface area contributed by atoms with E-state index in [9.17, 15) is 4.39 Å². The molecule has 1 fully saturated rings. The van der Waals surface area contributed by atoms with Crippen LogP contribution in [0, 0.1) is 22.9 Å². The van der Waals surface area contributed by atoms with Gasteiger partial charge in [0.05, 0.1) is 11.0 Å². The van der Waals surface area contributed by atoms with Crippen molar-refractivity contribution < 1.29 is 4.39 Å². The number of aromatic nitrogens is 2. The predicted octanol–water partition coefficient (Wildman–Crippen LogP) is 4.90. The Morgan fingerprint density at radius 3 is 2.79 bits per heavy atom. The maximum absolute atomic E-state index is 13.6. The van der Waals surface area contributed by atoms with E-state index in [1.165, 1.54) is 6.42 Å². The topological polar surface area (TPSA) is 20.7 Å². The molecule has 4 heteroatoms. The van der Waals surface area contributed by atoms with Gasteiger partial charge in [-0.1, -0.05) is 13.8 Å². The van der Waals surface area contributed by atoms with Crippen LogP contribution in [0.5, 0.6) is 0 Å². The smallest absolute Gasteiger partial charge is 0.178 e. The van der Waals surface area contributed by atoms with Crippen LogP contribution < -0.4 is 0 Å². The number of imidazole rings is 1. The summed E-state index contributed by atoms with van der Waals surface area (Å²) in [6.07, 6.45) is 3.49. The zero-order chi connectivity index (χ0) is 13.8. The van der Waals surface area contributed by atoms with E-state index in [2.05, 4.69) is 23.4 Å². The number of benzene rings is 1. The molecule has 2 aromatic rings. The number of aryl methyl sites for hydroxylation is 1.